The van der Waals surface area contributed by atoms with Crippen molar-refractivity contribution in [2.45, 2.75) is 37.6 Å². The molecule has 1 aliphatic heterocycles. The van der Waals surface area contributed by atoms with E-state index in [9.17, 15) is 14.7 Å². The molecule has 0 radical (unpaired) electrons. The Bertz CT molecular complexity index is 631. The van der Waals surface area contributed by atoms with E-state index in [-0.39, 0.29) is 24.1 Å². The molecule has 23 heavy (non-hydrogen) atoms. The summed E-state index contributed by atoms with van der Waals surface area (Å²) in [7, 11) is 1.57. The van der Waals surface area contributed by atoms with Gasteiger partial charge in [0, 0.05) is 13.1 Å². The number of aliphatic hydroxyl groups is 1. The molecular formula is C18H22N2O3. The minimum absolute atomic E-state index is 0.115. The van der Waals surface area contributed by atoms with Gasteiger partial charge in [0.25, 0.3) is 11.8 Å². The normalized spacial score (nSPS) is 24.9. The predicted molar refractivity (Wildman–Crippen MR) is 86.9 cm³/mol. The van der Waals surface area contributed by atoms with Gasteiger partial charge in [-0.15, -0.1) is 0 Å². The van der Waals surface area contributed by atoms with Gasteiger partial charge in [-0.05, 0) is 37.2 Å². The molecule has 0 saturated heterocycles. The summed E-state index contributed by atoms with van der Waals surface area (Å²) in [6, 6.07) is 10.6. The highest BCUT2D eigenvalue weighted by Crippen LogP contribution is 2.32. The average molecular weight is 314 g/mol. The molecule has 2 N–H and O–H groups in total. The molecule has 5 nitrogen and oxygen atoms in total. The summed E-state index contributed by atoms with van der Waals surface area (Å²) in [5, 5.41) is 12.7. The zero-order valence-electron chi connectivity index (χ0n) is 13.3. The molecule has 1 aliphatic carbocycles. The van der Waals surface area contributed by atoms with Gasteiger partial charge in [-0.3, -0.25) is 9.59 Å². The minimum Gasteiger partial charge on any atom is -0.503 e. The van der Waals surface area contributed by atoms with E-state index in [1.165, 1.54) is 10.5 Å². The summed E-state index contributed by atoms with van der Waals surface area (Å²) >= 11 is 0. The number of nitrogens with one attached hydrogen (secondary N) is 1. The summed E-state index contributed by atoms with van der Waals surface area (Å²) < 4.78 is 0. The Kier molecular flexibility index (Phi) is 4.37. The van der Waals surface area contributed by atoms with Crippen molar-refractivity contribution in [2.75, 3.05) is 13.6 Å². The van der Waals surface area contributed by atoms with Crippen molar-refractivity contribution >= 4 is 11.8 Å². The van der Waals surface area contributed by atoms with Gasteiger partial charge in [0.1, 0.15) is 0 Å². The first-order valence-corrected chi connectivity index (χ1v) is 8.09. The molecule has 1 aromatic rings. The number of likely N-dealkylation sites (N-methyl/N-ethyl adjacent to an activating group) is 1. The molecule has 1 saturated carbocycles. The highest BCUT2D eigenvalue weighted by molar-refractivity contribution is 6.06. The first-order chi connectivity index (χ1) is 11.1. The van der Waals surface area contributed by atoms with Gasteiger partial charge < -0.3 is 15.3 Å². The summed E-state index contributed by atoms with van der Waals surface area (Å²) in [6.45, 7) is 0.176. The Hall–Kier alpha value is -2.30. The van der Waals surface area contributed by atoms with Gasteiger partial charge in [-0.2, -0.15) is 0 Å². The van der Waals surface area contributed by atoms with E-state index in [1.807, 2.05) is 6.07 Å². The third-order valence-electron chi connectivity index (χ3n) is 4.84. The van der Waals surface area contributed by atoms with Crippen LogP contribution in [0.3, 0.4) is 0 Å². The highest BCUT2D eigenvalue weighted by Gasteiger charge is 2.33. The summed E-state index contributed by atoms with van der Waals surface area (Å²) in [4.78, 5) is 25.2. The van der Waals surface area contributed by atoms with E-state index in [0.29, 0.717) is 5.92 Å². The number of benzene rings is 1. The van der Waals surface area contributed by atoms with E-state index >= 15 is 0 Å². The molecule has 5 heteroatoms. The number of nitrogens with zero attached hydrogens (tertiary/aromatic N) is 1. The second-order valence-corrected chi connectivity index (χ2v) is 6.42. The lowest BCUT2D eigenvalue weighted by Gasteiger charge is -2.29. The van der Waals surface area contributed by atoms with Crippen LogP contribution in [0.5, 0.6) is 0 Å². The largest absolute Gasteiger partial charge is 0.503 e. The zero-order chi connectivity index (χ0) is 16.4. The molecule has 3 rings (SSSR count). The Morgan fingerprint density at radius 1 is 1.17 bits per heavy atom. The van der Waals surface area contributed by atoms with Crippen LogP contribution in [-0.2, 0) is 9.59 Å². The molecule has 0 spiro atoms. The fourth-order valence-corrected chi connectivity index (χ4v) is 3.44. The summed E-state index contributed by atoms with van der Waals surface area (Å²) in [6.07, 6.45) is 3.92. The molecule has 2 amide bonds. The van der Waals surface area contributed by atoms with E-state index in [2.05, 4.69) is 29.6 Å². The maximum Gasteiger partial charge on any atom is 0.289 e. The minimum atomic E-state index is -0.483. The zero-order valence-corrected chi connectivity index (χ0v) is 13.3. The third kappa shape index (κ3) is 3.23. The van der Waals surface area contributed by atoms with Crippen LogP contribution in [0.25, 0.3) is 0 Å². The highest BCUT2D eigenvalue weighted by atomic mass is 16.3. The van der Waals surface area contributed by atoms with E-state index in [4.69, 9.17) is 0 Å². The predicted octanol–water partition coefficient (Wildman–Crippen LogP) is 2.11. The van der Waals surface area contributed by atoms with Crippen LogP contribution < -0.4 is 5.32 Å². The maximum absolute atomic E-state index is 12.3. The lowest BCUT2D eigenvalue weighted by molar-refractivity contribution is -0.126. The number of rotatable bonds is 3. The number of aliphatic hydroxyl groups excluding tert-OH is 1. The van der Waals surface area contributed by atoms with Crippen molar-refractivity contribution in [1.82, 2.24) is 10.2 Å². The van der Waals surface area contributed by atoms with Gasteiger partial charge in [-0.1, -0.05) is 30.3 Å². The fraction of sp³-hybridized carbons (Fsp3) is 0.444. The standard InChI is InChI=1S/C18H22N2O3/c1-20-11-15(16(21)18(20)23)17(22)19-14-9-7-13(8-10-14)12-5-3-2-4-6-12/h2-6,13-14,21H,7-11H2,1H3,(H,19,22). The second-order valence-electron chi connectivity index (χ2n) is 6.42. The van der Waals surface area contributed by atoms with E-state index in [1.54, 1.807) is 7.05 Å². The van der Waals surface area contributed by atoms with Crippen molar-refractivity contribution < 1.29 is 14.7 Å². The monoisotopic (exact) mass is 314 g/mol. The van der Waals surface area contributed by atoms with Crippen LogP contribution in [-0.4, -0.2) is 41.5 Å². The first-order valence-electron chi connectivity index (χ1n) is 8.09. The Morgan fingerprint density at radius 3 is 2.39 bits per heavy atom. The van der Waals surface area contributed by atoms with Crippen molar-refractivity contribution in [3.05, 3.63) is 47.2 Å². The van der Waals surface area contributed by atoms with E-state index < -0.39 is 11.7 Å². The van der Waals surface area contributed by atoms with Crippen molar-refractivity contribution in [2.24, 2.45) is 0 Å². The van der Waals surface area contributed by atoms with E-state index in [0.717, 1.165) is 25.7 Å². The fourth-order valence-electron chi connectivity index (χ4n) is 3.44. The topological polar surface area (TPSA) is 69.6 Å². The number of carbonyl (C=O) groups is 2. The molecule has 0 aromatic heterocycles. The molecule has 0 bridgehead atoms. The average Bonchev–Trinajstić information content (AvgIpc) is 2.84. The number of amides is 2. The first kappa shape index (κ1) is 15.6. The Labute approximate surface area is 136 Å². The van der Waals surface area contributed by atoms with Gasteiger partial charge in [0.15, 0.2) is 5.76 Å². The van der Waals surface area contributed by atoms with Crippen LogP contribution in [0.15, 0.2) is 41.7 Å². The van der Waals surface area contributed by atoms with Crippen LogP contribution >= 0.6 is 0 Å². The number of hydrogen-bond donors (Lipinski definition) is 2. The molecule has 1 aromatic carbocycles. The van der Waals surface area contributed by atoms with Gasteiger partial charge in [-0.25, -0.2) is 0 Å². The molecule has 0 unspecified atom stereocenters. The number of hydrogen-bond acceptors (Lipinski definition) is 3. The summed E-state index contributed by atoms with van der Waals surface area (Å²) in [5.74, 6) is -0.662. The lowest BCUT2D eigenvalue weighted by Crippen LogP contribution is -2.39. The van der Waals surface area contributed by atoms with Crippen molar-refractivity contribution in [3.8, 4) is 0 Å². The molecular weight excluding hydrogens is 292 g/mol. The van der Waals surface area contributed by atoms with Crippen LogP contribution in [0.2, 0.25) is 0 Å². The second kappa shape index (κ2) is 6.44. The number of carbonyl (C=O) groups excluding carboxylic acids is 2. The van der Waals surface area contributed by atoms with Crippen molar-refractivity contribution in [1.29, 1.82) is 0 Å². The van der Waals surface area contributed by atoms with Crippen LogP contribution in [0, 0.1) is 0 Å². The summed E-state index contributed by atoms with van der Waals surface area (Å²) in [5.41, 5.74) is 1.54. The third-order valence-corrected chi connectivity index (χ3v) is 4.84. The lowest BCUT2D eigenvalue weighted by atomic mass is 9.82. The van der Waals surface area contributed by atoms with Gasteiger partial charge >= 0.3 is 0 Å². The SMILES string of the molecule is CN1CC(C(=O)NC2CCC(c3ccccc3)CC2)=C(O)C1=O. The van der Waals surface area contributed by atoms with Crippen molar-refractivity contribution in [3.63, 3.8) is 0 Å². The quantitative estimate of drug-likeness (QED) is 0.898. The molecule has 0 atom stereocenters. The molecule has 2 aliphatic rings. The Morgan fingerprint density at radius 2 is 1.83 bits per heavy atom. The van der Waals surface area contributed by atoms with Crippen LogP contribution in [0.4, 0.5) is 0 Å². The molecule has 1 fully saturated rings. The Balaban J connectivity index is 1.55. The molecule has 1 heterocycles. The van der Waals surface area contributed by atoms with Gasteiger partial charge in [0.2, 0.25) is 0 Å². The molecule has 122 valence electrons. The maximum atomic E-state index is 12.3. The van der Waals surface area contributed by atoms with Crippen LogP contribution in [0.1, 0.15) is 37.2 Å². The van der Waals surface area contributed by atoms with Gasteiger partial charge in [0.05, 0.1) is 12.1 Å². The smallest absolute Gasteiger partial charge is 0.289 e.